The van der Waals surface area contributed by atoms with Gasteiger partial charge in [-0.05, 0) is 61.4 Å². The molecule has 0 amide bonds. The van der Waals surface area contributed by atoms with Gasteiger partial charge < -0.3 is 14.2 Å². The lowest BCUT2D eigenvalue weighted by Gasteiger charge is -2.41. The van der Waals surface area contributed by atoms with Crippen molar-refractivity contribution >= 4 is 0 Å². The van der Waals surface area contributed by atoms with Crippen LogP contribution in [0.1, 0.15) is 33.4 Å². The molecule has 1 aliphatic rings. The summed E-state index contributed by atoms with van der Waals surface area (Å²) in [5.74, 6) is 2.48. The van der Waals surface area contributed by atoms with Crippen molar-refractivity contribution in [3.05, 3.63) is 124 Å². The molecule has 0 fully saturated rings. The van der Waals surface area contributed by atoms with Gasteiger partial charge in [-0.2, -0.15) is 0 Å². The van der Waals surface area contributed by atoms with E-state index >= 15 is 0 Å². The Labute approximate surface area is 189 Å². The minimum atomic E-state index is -0.790. The molecule has 0 atom stereocenters. The van der Waals surface area contributed by atoms with E-state index in [1.807, 2.05) is 42.5 Å². The Kier molecular flexibility index (Phi) is 5.20. The van der Waals surface area contributed by atoms with E-state index in [4.69, 9.17) is 14.2 Å². The zero-order valence-corrected chi connectivity index (χ0v) is 18.6. The molecule has 0 unspecified atom stereocenters. The maximum atomic E-state index is 6.96. The minimum Gasteiger partial charge on any atom is -0.497 e. The van der Waals surface area contributed by atoms with Crippen LogP contribution in [0.4, 0.5) is 0 Å². The van der Waals surface area contributed by atoms with E-state index in [0.717, 1.165) is 50.6 Å². The summed E-state index contributed by atoms with van der Waals surface area (Å²) in [7, 11) is 1.68. The average molecular weight is 423 g/mol. The second kappa shape index (κ2) is 8.18. The fraction of sp³-hybridized carbons (Fsp3) is 0.172. The first-order valence-corrected chi connectivity index (χ1v) is 10.8. The Balaban J connectivity index is 1.72. The van der Waals surface area contributed by atoms with E-state index in [1.54, 1.807) is 7.11 Å². The summed E-state index contributed by atoms with van der Waals surface area (Å²) in [6.45, 7) is 4.65. The molecule has 3 heteroatoms. The quantitative estimate of drug-likeness (QED) is 0.349. The highest BCUT2D eigenvalue weighted by Crippen LogP contribution is 2.53. The number of hydrogen-bond donors (Lipinski definition) is 0. The zero-order valence-electron chi connectivity index (χ0n) is 18.6. The van der Waals surface area contributed by atoms with Crippen LogP contribution in [0.5, 0.6) is 17.2 Å². The molecule has 160 valence electrons. The van der Waals surface area contributed by atoms with Crippen LogP contribution in [-0.4, -0.2) is 7.11 Å². The number of hydrogen-bond acceptors (Lipinski definition) is 3. The molecule has 32 heavy (non-hydrogen) atoms. The van der Waals surface area contributed by atoms with E-state index in [-0.39, 0.29) is 0 Å². The summed E-state index contributed by atoms with van der Waals surface area (Å²) >= 11 is 0. The number of rotatable bonds is 5. The number of methoxy groups -OCH3 is 1. The predicted molar refractivity (Wildman–Crippen MR) is 127 cm³/mol. The fourth-order valence-electron chi connectivity index (χ4n) is 4.42. The third-order valence-electron chi connectivity index (χ3n) is 6.04. The van der Waals surface area contributed by atoms with Crippen molar-refractivity contribution < 1.29 is 14.2 Å². The first-order chi connectivity index (χ1) is 15.6. The van der Waals surface area contributed by atoms with Crippen molar-refractivity contribution in [2.24, 2.45) is 0 Å². The molecular weight excluding hydrogens is 396 g/mol. The molecule has 1 aliphatic heterocycles. The smallest absolute Gasteiger partial charge is 0.151 e. The van der Waals surface area contributed by atoms with Gasteiger partial charge in [-0.15, -0.1) is 0 Å². The lowest BCUT2D eigenvalue weighted by molar-refractivity contribution is -0.00599. The molecule has 0 bridgehead atoms. The summed E-state index contributed by atoms with van der Waals surface area (Å²) < 4.78 is 18.6. The van der Waals surface area contributed by atoms with Crippen LogP contribution >= 0.6 is 0 Å². The highest BCUT2D eigenvalue weighted by molar-refractivity contribution is 5.62. The SMILES string of the molecule is COc1ccc(COC2(c3ccccc3)c3cc(C)ccc3Oc3ccc(C)cc32)cc1. The lowest BCUT2D eigenvalue weighted by Crippen LogP contribution is -2.36. The Morgan fingerprint density at radius 2 is 1.31 bits per heavy atom. The van der Waals surface area contributed by atoms with Crippen LogP contribution < -0.4 is 9.47 Å². The number of fused-ring (bicyclic) bond motifs is 2. The molecule has 4 aromatic rings. The maximum absolute atomic E-state index is 6.96. The molecule has 0 aromatic heterocycles. The van der Waals surface area contributed by atoms with Gasteiger partial charge in [0.2, 0.25) is 0 Å². The first kappa shape index (κ1) is 20.3. The van der Waals surface area contributed by atoms with Gasteiger partial charge in [0.15, 0.2) is 5.60 Å². The highest BCUT2D eigenvalue weighted by Gasteiger charge is 2.45. The normalized spacial score (nSPS) is 13.6. The van der Waals surface area contributed by atoms with Crippen molar-refractivity contribution in [2.45, 2.75) is 26.1 Å². The van der Waals surface area contributed by atoms with E-state index in [2.05, 4.69) is 62.4 Å². The molecule has 4 aromatic carbocycles. The second-order valence-corrected chi connectivity index (χ2v) is 8.29. The van der Waals surface area contributed by atoms with E-state index in [1.165, 1.54) is 0 Å². The summed E-state index contributed by atoms with van der Waals surface area (Å²) in [5.41, 5.74) is 5.74. The van der Waals surface area contributed by atoms with Gasteiger partial charge in [-0.1, -0.05) is 65.7 Å². The van der Waals surface area contributed by atoms with Gasteiger partial charge in [-0.3, -0.25) is 0 Å². The van der Waals surface area contributed by atoms with Gasteiger partial charge in [0.1, 0.15) is 17.2 Å². The third-order valence-corrected chi connectivity index (χ3v) is 6.04. The largest absolute Gasteiger partial charge is 0.497 e. The Hall–Kier alpha value is -3.56. The Morgan fingerprint density at radius 3 is 1.88 bits per heavy atom. The molecule has 0 N–H and O–H groups in total. The molecule has 0 spiro atoms. The van der Waals surface area contributed by atoms with Crippen molar-refractivity contribution in [1.29, 1.82) is 0 Å². The molecule has 1 heterocycles. The molecule has 0 saturated carbocycles. The molecule has 0 saturated heterocycles. The van der Waals surface area contributed by atoms with Gasteiger partial charge in [0, 0.05) is 11.1 Å². The highest BCUT2D eigenvalue weighted by atomic mass is 16.5. The van der Waals surface area contributed by atoms with Gasteiger partial charge in [0.05, 0.1) is 13.7 Å². The first-order valence-electron chi connectivity index (χ1n) is 10.8. The summed E-state index contributed by atoms with van der Waals surface area (Å²) in [5, 5.41) is 0. The van der Waals surface area contributed by atoms with Gasteiger partial charge >= 0.3 is 0 Å². The van der Waals surface area contributed by atoms with E-state index < -0.39 is 5.60 Å². The van der Waals surface area contributed by atoms with Gasteiger partial charge in [-0.25, -0.2) is 0 Å². The molecule has 0 aliphatic carbocycles. The zero-order chi connectivity index (χ0) is 22.1. The van der Waals surface area contributed by atoms with E-state index in [0.29, 0.717) is 6.61 Å². The van der Waals surface area contributed by atoms with Crippen LogP contribution in [0.3, 0.4) is 0 Å². The minimum absolute atomic E-state index is 0.444. The molecule has 0 radical (unpaired) electrons. The standard InChI is InChI=1S/C29H26O3/c1-20-9-15-27-25(17-20)29(23-7-5-4-6-8-23,26-18-21(2)10-16-28(26)32-27)31-19-22-11-13-24(30-3)14-12-22/h4-18H,19H2,1-3H3. The maximum Gasteiger partial charge on any atom is 0.151 e. The summed E-state index contributed by atoms with van der Waals surface area (Å²) in [4.78, 5) is 0. The van der Waals surface area contributed by atoms with Gasteiger partial charge in [0.25, 0.3) is 0 Å². The predicted octanol–water partition coefficient (Wildman–Crippen LogP) is 6.93. The van der Waals surface area contributed by atoms with Crippen LogP contribution in [0.15, 0.2) is 91.0 Å². The Bertz CT molecular complexity index is 1190. The van der Waals surface area contributed by atoms with E-state index in [9.17, 15) is 0 Å². The summed E-state index contributed by atoms with van der Waals surface area (Å²) in [6.07, 6.45) is 0. The Morgan fingerprint density at radius 1 is 0.719 bits per heavy atom. The number of benzene rings is 4. The summed E-state index contributed by atoms with van der Waals surface area (Å²) in [6, 6.07) is 31.1. The van der Waals surface area contributed by atoms with Crippen molar-refractivity contribution in [2.75, 3.05) is 7.11 Å². The fourth-order valence-corrected chi connectivity index (χ4v) is 4.42. The van der Waals surface area contributed by atoms with Crippen LogP contribution in [0.2, 0.25) is 0 Å². The topological polar surface area (TPSA) is 27.7 Å². The lowest BCUT2D eigenvalue weighted by atomic mass is 9.77. The third kappa shape index (κ3) is 3.45. The molecular formula is C29H26O3. The van der Waals surface area contributed by atoms with Crippen LogP contribution in [0.25, 0.3) is 0 Å². The van der Waals surface area contributed by atoms with Crippen LogP contribution in [0, 0.1) is 13.8 Å². The molecule has 5 rings (SSSR count). The van der Waals surface area contributed by atoms with Crippen molar-refractivity contribution in [3.63, 3.8) is 0 Å². The second-order valence-electron chi connectivity index (χ2n) is 8.29. The number of ether oxygens (including phenoxy) is 3. The van der Waals surface area contributed by atoms with Crippen LogP contribution in [-0.2, 0) is 16.9 Å². The van der Waals surface area contributed by atoms with Crippen molar-refractivity contribution in [1.82, 2.24) is 0 Å². The average Bonchev–Trinajstić information content (AvgIpc) is 2.83. The monoisotopic (exact) mass is 422 g/mol. The van der Waals surface area contributed by atoms with Crippen molar-refractivity contribution in [3.8, 4) is 17.2 Å². The molecule has 3 nitrogen and oxygen atoms in total. The number of aryl methyl sites for hydroxylation is 2.